The monoisotopic (exact) mass is 318 g/mol. The van der Waals surface area contributed by atoms with Crippen molar-refractivity contribution in [2.24, 2.45) is 5.92 Å². The van der Waals surface area contributed by atoms with Gasteiger partial charge in [0.05, 0.1) is 17.1 Å². The number of rotatable bonds is 6. The van der Waals surface area contributed by atoms with Gasteiger partial charge in [-0.25, -0.2) is 13.2 Å². The molecule has 0 heterocycles. The summed E-state index contributed by atoms with van der Waals surface area (Å²) in [6.45, 7) is 6.11. The van der Waals surface area contributed by atoms with Crippen LogP contribution in [0.3, 0.4) is 0 Å². The summed E-state index contributed by atoms with van der Waals surface area (Å²) in [5, 5.41) is 0. The van der Waals surface area contributed by atoms with Gasteiger partial charge in [0.1, 0.15) is 0 Å². The molecule has 1 aromatic rings. The van der Waals surface area contributed by atoms with Crippen molar-refractivity contribution < 1.29 is 17.9 Å². The van der Waals surface area contributed by atoms with Gasteiger partial charge in [-0.1, -0.05) is 26.3 Å². The Kier molecular flexibility index (Phi) is 6.02. The number of halogens is 1. The van der Waals surface area contributed by atoms with Crippen LogP contribution in [0.15, 0.2) is 23.1 Å². The minimum Gasteiger partial charge on any atom is -0.462 e. The third kappa shape index (κ3) is 4.80. The molecular weight excluding hydrogens is 300 g/mol. The van der Waals surface area contributed by atoms with Crippen LogP contribution in [-0.4, -0.2) is 21.0 Å². The van der Waals surface area contributed by atoms with Crippen molar-refractivity contribution >= 4 is 25.7 Å². The van der Waals surface area contributed by atoms with Crippen molar-refractivity contribution in [3.8, 4) is 0 Å². The second-order valence-corrected chi connectivity index (χ2v) is 7.47. The molecule has 0 saturated heterocycles. The molecule has 20 heavy (non-hydrogen) atoms. The number of carbonyl (C=O) groups is 1. The van der Waals surface area contributed by atoms with Crippen molar-refractivity contribution in [1.29, 1.82) is 0 Å². The lowest BCUT2D eigenvalue weighted by atomic mass is 10.1. The number of carbonyl (C=O) groups excluding carboxylic acids is 1. The van der Waals surface area contributed by atoms with Crippen molar-refractivity contribution in [2.75, 3.05) is 6.61 Å². The maximum Gasteiger partial charge on any atom is 0.338 e. The Labute approximate surface area is 124 Å². The van der Waals surface area contributed by atoms with Gasteiger partial charge in [-0.3, -0.25) is 0 Å². The lowest BCUT2D eigenvalue weighted by Crippen LogP contribution is -2.13. The van der Waals surface area contributed by atoms with Gasteiger partial charge < -0.3 is 4.74 Å². The molecule has 0 fully saturated rings. The Bertz CT molecular complexity index is 581. The van der Waals surface area contributed by atoms with Gasteiger partial charge >= 0.3 is 5.97 Å². The molecule has 0 bridgehead atoms. The Hall–Kier alpha value is -1.07. The van der Waals surface area contributed by atoms with E-state index in [4.69, 9.17) is 15.4 Å². The number of hydrogen-bond acceptors (Lipinski definition) is 4. The summed E-state index contributed by atoms with van der Waals surface area (Å²) in [5.41, 5.74) is 0.887. The van der Waals surface area contributed by atoms with Crippen LogP contribution in [0.25, 0.3) is 0 Å². The maximum absolute atomic E-state index is 12.0. The average molecular weight is 319 g/mol. The van der Waals surface area contributed by atoms with E-state index in [1.807, 2.05) is 6.92 Å². The summed E-state index contributed by atoms with van der Waals surface area (Å²) in [6.07, 6.45) is 2.00. The van der Waals surface area contributed by atoms with Gasteiger partial charge in [0.25, 0.3) is 9.05 Å². The normalized spacial score (nSPS) is 13.0. The highest BCUT2D eigenvalue weighted by Gasteiger charge is 2.17. The molecule has 6 heteroatoms. The van der Waals surface area contributed by atoms with Gasteiger partial charge in [-0.2, -0.15) is 0 Å². The minimum atomic E-state index is -3.85. The molecule has 0 aliphatic rings. The lowest BCUT2D eigenvalue weighted by Gasteiger charge is -2.12. The topological polar surface area (TPSA) is 60.4 Å². The Morgan fingerprint density at radius 1 is 1.40 bits per heavy atom. The number of benzene rings is 1. The summed E-state index contributed by atoms with van der Waals surface area (Å²) >= 11 is 0. The molecule has 1 aromatic carbocycles. The number of hydrogen-bond donors (Lipinski definition) is 0. The minimum absolute atomic E-state index is 0.0988. The van der Waals surface area contributed by atoms with E-state index in [-0.39, 0.29) is 16.4 Å². The van der Waals surface area contributed by atoms with Crippen LogP contribution in [0.2, 0.25) is 0 Å². The molecule has 1 rings (SSSR count). The first-order valence-corrected chi connectivity index (χ1v) is 8.79. The number of esters is 1. The van der Waals surface area contributed by atoms with Crippen molar-refractivity contribution in [3.63, 3.8) is 0 Å². The van der Waals surface area contributed by atoms with Crippen molar-refractivity contribution in [2.45, 2.75) is 38.5 Å². The molecule has 0 N–H and O–H groups in total. The van der Waals surface area contributed by atoms with Crippen molar-refractivity contribution in [1.82, 2.24) is 0 Å². The Morgan fingerprint density at radius 2 is 2.05 bits per heavy atom. The predicted octanol–water partition coefficient (Wildman–Crippen LogP) is 3.52. The first-order chi connectivity index (χ1) is 9.25. The highest BCUT2D eigenvalue weighted by molar-refractivity contribution is 8.13. The summed E-state index contributed by atoms with van der Waals surface area (Å²) < 4.78 is 27.8. The largest absolute Gasteiger partial charge is 0.462 e. The van der Waals surface area contributed by atoms with E-state index < -0.39 is 15.0 Å². The molecule has 0 spiro atoms. The molecule has 0 amide bonds. The van der Waals surface area contributed by atoms with Crippen LogP contribution in [0, 0.1) is 12.8 Å². The highest BCUT2D eigenvalue weighted by atomic mass is 35.7. The van der Waals surface area contributed by atoms with Gasteiger partial charge in [0, 0.05) is 10.7 Å². The van der Waals surface area contributed by atoms with E-state index in [0.29, 0.717) is 12.2 Å². The zero-order valence-electron chi connectivity index (χ0n) is 11.8. The number of ether oxygens (including phenoxy) is 1. The predicted molar refractivity (Wildman–Crippen MR) is 78.6 cm³/mol. The first-order valence-electron chi connectivity index (χ1n) is 6.48. The molecule has 0 aliphatic heterocycles. The SMILES string of the molecule is CCCC(C)COC(=O)c1cc(S(=O)(=O)Cl)ccc1C. The fourth-order valence-corrected chi connectivity index (χ4v) is 2.62. The van der Waals surface area contributed by atoms with Crippen LogP contribution in [0.5, 0.6) is 0 Å². The zero-order chi connectivity index (χ0) is 15.3. The summed E-state index contributed by atoms with van der Waals surface area (Å²) in [4.78, 5) is 11.9. The van der Waals surface area contributed by atoms with Crippen LogP contribution >= 0.6 is 10.7 Å². The third-order valence-corrected chi connectivity index (χ3v) is 4.34. The Morgan fingerprint density at radius 3 is 2.60 bits per heavy atom. The Balaban J connectivity index is 2.87. The quantitative estimate of drug-likeness (QED) is 0.595. The van der Waals surface area contributed by atoms with E-state index in [1.54, 1.807) is 13.0 Å². The molecule has 4 nitrogen and oxygen atoms in total. The van der Waals surface area contributed by atoms with E-state index in [1.165, 1.54) is 12.1 Å². The molecular formula is C14H19ClO4S. The van der Waals surface area contributed by atoms with Crippen LogP contribution in [0.4, 0.5) is 0 Å². The van der Waals surface area contributed by atoms with Crippen molar-refractivity contribution in [3.05, 3.63) is 29.3 Å². The van der Waals surface area contributed by atoms with E-state index in [9.17, 15) is 13.2 Å². The fraction of sp³-hybridized carbons (Fsp3) is 0.500. The third-order valence-electron chi connectivity index (χ3n) is 2.99. The number of aryl methyl sites for hydroxylation is 1. The lowest BCUT2D eigenvalue weighted by molar-refractivity contribution is 0.0442. The van der Waals surface area contributed by atoms with E-state index in [2.05, 4.69) is 6.92 Å². The summed E-state index contributed by atoms with van der Waals surface area (Å²) in [7, 11) is 1.43. The standard InChI is InChI=1S/C14H19ClO4S/c1-4-5-10(2)9-19-14(16)13-8-12(20(15,17)18)7-6-11(13)3/h6-8,10H,4-5,9H2,1-3H3. The van der Waals surface area contributed by atoms with Crippen LogP contribution < -0.4 is 0 Å². The molecule has 0 saturated carbocycles. The van der Waals surface area contributed by atoms with Gasteiger partial charge in [0.15, 0.2) is 0 Å². The second-order valence-electron chi connectivity index (χ2n) is 4.91. The first kappa shape index (κ1) is 17.0. The molecule has 0 aromatic heterocycles. The van der Waals surface area contributed by atoms with Gasteiger partial charge in [-0.15, -0.1) is 0 Å². The van der Waals surface area contributed by atoms with Gasteiger partial charge in [-0.05, 0) is 37.0 Å². The second kappa shape index (κ2) is 7.09. The summed E-state index contributed by atoms with van der Waals surface area (Å²) in [6, 6.07) is 4.17. The molecule has 0 aliphatic carbocycles. The molecule has 0 radical (unpaired) electrons. The average Bonchev–Trinajstić information content (AvgIpc) is 2.35. The van der Waals surface area contributed by atoms with Gasteiger partial charge in [0.2, 0.25) is 0 Å². The van der Waals surface area contributed by atoms with E-state index in [0.717, 1.165) is 12.8 Å². The molecule has 112 valence electrons. The van der Waals surface area contributed by atoms with E-state index >= 15 is 0 Å². The zero-order valence-corrected chi connectivity index (χ0v) is 13.4. The van der Waals surface area contributed by atoms with Crippen LogP contribution in [-0.2, 0) is 13.8 Å². The molecule has 1 unspecified atom stereocenters. The maximum atomic E-state index is 12.0. The summed E-state index contributed by atoms with van der Waals surface area (Å²) in [5.74, 6) is -0.239. The highest BCUT2D eigenvalue weighted by Crippen LogP contribution is 2.20. The molecule has 1 atom stereocenters. The fourth-order valence-electron chi connectivity index (χ4n) is 1.84. The smallest absolute Gasteiger partial charge is 0.338 e. The van der Waals surface area contributed by atoms with Crippen LogP contribution in [0.1, 0.15) is 42.6 Å².